The maximum absolute atomic E-state index is 9.24. The van der Waals surface area contributed by atoms with Crippen LogP contribution in [0.15, 0.2) is 29.4 Å². The van der Waals surface area contributed by atoms with Crippen molar-refractivity contribution in [2.75, 3.05) is 12.9 Å². The molecule has 7 heteroatoms. The van der Waals surface area contributed by atoms with Crippen molar-refractivity contribution in [1.82, 2.24) is 14.6 Å². The quantitative estimate of drug-likeness (QED) is 0.629. The number of nitrogens with zero attached hydrogens (tertiary/aromatic N) is 5. The van der Waals surface area contributed by atoms with E-state index in [2.05, 4.69) is 22.3 Å². The van der Waals surface area contributed by atoms with Gasteiger partial charge in [0, 0.05) is 23.6 Å². The minimum atomic E-state index is -0.178. The summed E-state index contributed by atoms with van der Waals surface area (Å²) in [6.45, 7) is 2.05. The summed E-state index contributed by atoms with van der Waals surface area (Å²) >= 11 is 1.49. The van der Waals surface area contributed by atoms with Gasteiger partial charge in [-0.3, -0.25) is 4.40 Å². The zero-order valence-electron chi connectivity index (χ0n) is 14.1. The molecule has 0 radical (unpaired) electrons. The summed E-state index contributed by atoms with van der Waals surface area (Å²) in [5.74, 6) is 1.18. The molecule has 0 saturated heterocycles. The third-order valence-corrected chi connectivity index (χ3v) is 5.17. The van der Waals surface area contributed by atoms with Crippen LogP contribution in [0.2, 0.25) is 0 Å². The molecule has 0 saturated carbocycles. The molecule has 2 heterocycles. The Morgan fingerprint density at radius 2 is 2.12 bits per heavy atom. The molecule has 1 atom stereocenters. The first kappa shape index (κ1) is 17.1. The topological polar surface area (TPSA) is 87.0 Å². The van der Waals surface area contributed by atoms with Gasteiger partial charge in [0.2, 0.25) is 0 Å². The Bertz CT molecular complexity index is 999. The number of nitriles is 2. The van der Waals surface area contributed by atoms with Crippen LogP contribution in [0.4, 0.5) is 0 Å². The normalized spacial score (nSPS) is 12.0. The molecule has 126 valence electrons. The number of benzene rings is 1. The molecule has 0 amide bonds. The summed E-state index contributed by atoms with van der Waals surface area (Å²) in [7, 11) is 1.64. The second kappa shape index (κ2) is 7.42. The third-order valence-electron chi connectivity index (χ3n) is 4.08. The second-order valence-corrected chi connectivity index (χ2v) is 6.71. The van der Waals surface area contributed by atoms with Crippen LogP contribution in [0.3, 0.4) is 0 Å². The average Bonchev–Trinajstić information content (AvgIpc) is 3.04. The average molecular weight is 351 g/mol. The van der Waals surface area contributed by atoms with Crippen molar-refractivity contribution >= 4 is 28.3 Å². The first-order valence-electron chi connectivity index (χ1n) is 7.89. The van der Waals surface area contributed by atoms with Gasteiger partial charge in [-0.2, -0.15) is 10.5 Å². The largest absolute Gasteiger partial charge is 0.497 e. The number of aryl methyl sites for hydroxylation is 1. The van der Waals surface area contributed by atoms with Gasteiger partial charge in [0.15, 0.2) is 10.8 Å². The zero-order chi connectivity index (χ0) is 17.8. The SMILES string of the molecule is COc1ccc2c(C)cc3nnc(SC[C@@H](C#N)CCC#N)n3c2c1. The molecular weight excluding hydrogens is 334 g/mol. The molecule has 0 aliphatic heterocycles. The monoisotopic (exact) mass is 351 g/mol. The van der Waals surface area contributed by atoms with E-state index in [0.29, 0.717) is 18.6 Å². The molecule has 3 aromatic rings. The van der Waals surface area contributed by atoms with Gasteiger partial charge in [0.1, 0.15) is 5.75 Å². The fourth-order valence-corrected chi connectivity index (χ4v) is 3.73. The van der Waals surface area contributed by atoms with Crippen molar-refractivity contribution in [3.05, 3.63) is 29.8 Å². The van der Waals surface area contributed by atoms with Crippen molar-refractivity contribution in [3.8, 4) is 17.9 Å². The van der Waals surface area contributed by atoms with E-state index in [-0.39, 0.29) is 5.92 Å². The highest BCUT2D eigenvalue weighted by atomic mass is 32.2. The lowest BCUT2D eigenvalue weighted by Crippen LogP contribution is -2.02. The van der Waals surface area contributed by atoms with Crippen LogP contribution in [0.5, 0.6) is 5.75 Å². The summed E-state index contributed by atoms with van der Waals surface area (Å²) < 4.78 is 7.35. The predicted molar refractivity (Wildman–Crippen MR) is 96.5 cm³/mol. The van der Waals surface area contributed by atoms with Crippen LogP contribution < -0.4 is 4.74 Å². The minimum Gasteiger partial charge on any atom is -0.497 e. The maximum Gasteiger partial charge on any atom is 0.196 e. The second-order valence-electron chi connectivity index (χ2n) is 5.72. The van der Waals surface area contributed by atoms with Gasteiger partial charge in [-0.15, -0.1) is 10.2 Å². The van der Waals surface area contributed by atoms with E-state index >= 15 is 0 Å². The summed E-state index contributed by atoms with van der Waals surface area (Å²) in [6.07, 6.45) is 0.961. The van der Waals surface area contributed by atoms with Crippen LogP contribution in [-0.2, 0) is 0 Å². The Balaban J connectivity index is 2.01. The van der Waals surface area contributed by atoms with E-state index < -0.39 is 0 Å². The van der Waals surface area contributed by atoms with Crippen LogP contribution in [-0.4, -0.2) is 27.5 Å². The molecule has 0 aliphatic carbocycles. The molecular formula is C18H17N5OS. The van der Waals surface area contributed by atoms with E-state index in [1.54, 1.807) is 7.11 Å². The highest BCUT2D eigenvalue weighted by Gasteiger charge is 2.15. The van der Waals surface area contributed by atoms with Crippen LogP contribution in [0.1, 0.15) is 18.4 Å². The summed E-state index contributed by atoms with van der Waals surface area (Å²) in [5.41, 5.74) is 2.87. The third kappa shape index (κ3) is 3.38. The first-order chi connectivity index (χ1) is 12.2. The van der Waals surface area contributed by atoms with E-state index in [0.717, 1.165) is 33.0 Å². The van der Waals surface area contributed by atoms with Crippen molar-refractivity contribution in [1.29, 1.82) is 10.5 Å². The van der Waals surface area contributed by atoms with Gasteiger partial charge in [-0.1, -0.05) is 11.8 Å². The molecule has 1 aromatic carbocycles. The summed E-state index contributed by atoms with van der Waals surface area (Å²) in [6, 6.07) is 12.3. The first-order valence-corrected chi connectivity index (χ1v) is 8.88. The number of fused-ring (bicyclic) bond motifs is 3. The minimum absolute atomic E-state index is 0.178. The fourth-order valence-electron chi connectivity index (χ4n) is 2.72. The molecule has 0 N–H and O–H groups in total. The van der Waals surface area contributed by atoms with Crippen molar-refractivity contribution in [2.45, 2.75) is 24.9 Å². The van der Waals surface area contributed by atoms with Gasteiger partial charge in [-0.25, -0.2) is 0 Å². The molecule has 0 fully saturated rings. The number of aromatic nitrogens is 3. The van der Waals surface area contributed by atoms with E-state index in [1.807, 2.05) is 35.6 Å². The van der Waals surface area contributed by atoms with Gasteiger partial charge in [0.05, 0.1) is 30.7 Å². The number of hydrogen-bond donors (Lipinski definition) is 0. The van der Waals surface area contributed by atoms with Crippen LogP contribution >= 0.6 is 11.8 Å². The van der Waals surface area contributed by atoms with E-state index in [1.165, 1.54) is 11.8 Å². The van der Waals surface area contributed by atoms with Crippen LogP contribution in [0.25, 0.3) is 16.6 Å². The van der Waals surface area contributed by atoms with Gasteiger partial charge < -0.3 is 4.74 Å². The fraction of sp³-hybridized carbons (Fsp3) is 0.333. The lowest BCUT2D eigenvalue weighted by Gasteiger charge is -2.10. The summed E-state index contributed by atoms with van der Waals surface area (Å²) in [5, 5.41) is 28.3. The number of thioether (sulfide) groups is 1. The summed E-state index contributed by atoms with van der Waals surface area (Å²) in [4.78, 5) is 0. The number of ether oxygens (including phenoxy) is 1. The molecule has 3 rings (SSSR count). The molecule has 6 nitrogen and oxygen atoms in total. The van der Waals surface area contributed by atoms with E-state index in [9.17, 15) is 5.26 Å². The van der Waals surface area contributed by atoms with Crippen molar-refractivity contribution < 1.29 is 4.74 Å². The number of pyridine rings is 1. The number of rotatable bonds is 6. The van der Waals surface area contributed by atoms with Gasteiger partial charge >= 0.3 is 0 Å². The Hall–Kier alpha value is -2.77. The smallest absolute Gasteiger partial charge is 0.196 e. The van der Waals surface area contributed by atoms with Crippen LogP contribution in [0, 0.1) is 35.5 Å². The lowest BCUT2D eigenvalue weighted by molar-refractivity contribution is 0.415. The standard InChI is InChI=1S/C18H17N5OS/c1-12-8-17-21-22-18(25-11-13(10-20)4-3-7-19)23(17)16-9-14(24-2)5-6-15(12)16/h5-6,8-9,13H,3-4,11H2,1-2H3/t13-/m1/s1. The Labute approximate surface area is 150 Å². The van der Waals surface area contributed by atoms with Gasteiger partial charge in [-0.05, 0) is 37.1 Å². The zero-order valence-corrected chi connectivity index (χ0v) is 14.9. The predicted octanol–water partition coefficient (Wildman–Crippen LogP) is 3.74. The molecule has 0 unspecified atom stereocenters. The Morgan fingerprint density at radius 3 is 2.84 bits per heavy atom. The number of hydrogen-bond acceptors (Lipinski definition) is 6. The highest BCUT2D eigenvalue weighted by Crippen LogP contribution is 2.29. The maximum atomic E-state index is 9.24. The Kier molecular flexibility index (Phi) is 5.06. The molecule has 2 aromatic heterocycles. The molecule has 0 bridgehead atoms. The molecule has 0 aliphatic rings. The van der Waals surface area contributed by atoms with Gasteiger partial charge in [0.25, 0.3) is 0 Å². The van der Waals surface area contributed by atoms with Crippen molar-refractivity contribution in [3.63, 3.8) is 0 Å². The molecule has 0 spiro atoms. The Morgan fingerprint density at radius 1 is 1.28 bits per heavy atom. The van der Waals surface area contributed by atoms with Crippen molar-refractivity contribution in [2.24, 2.45) is 5.92 Å². The highest BCUT2D eigenvalue weighted by molar-refractivity contribution is 7.99. The molecule has 25 heavy (non-hydrogen) atoms. The lowest BCUT2D eigenvalue weighted by atomic mass is 10.1. The van der Waals surface area contributed by atoms with E-state index in [4.69, 9.17) is 10.00 Å². The number of methoxy groups -OCH3 is 1.